The van der Waals surface area contributed by atoms with Gasteiger partial charge in [0.2, 0.25) is 0 Å². The molecule has 0 N–H and O–H groups in total. The number of piperazine rings is 1. The molecule has 0 radical (unpaired) electrons. The summed E-state index contributed by atoms with van der Waals surface area (Å²) in [6, 6.07) is 10.6. The minimum Gasteiger partial charge on any atom is -0.353 e. The van der Waals surface area contributed by atoms with Crippen LogP contribution in [0.15, 0.2) is 30.3 Å². The largest absolute Gasteiger partial charge is 0.353 e. The Kier molecular flexibility index (Phi) is 4.96. The van der Waals surface area contributed by atoms with Crippen LogP contribution in [0.25, 0.3) is 16.7 Å². The van der Waals surface area contributed by atoms with E-state index in [1.807, 2.05) is 24.4 Å². The predicted molar refractivity (Wildman–Crippen MR) is 125 cm³/mol. The molecule has 0 unspecified atom stereocenters. The van der Waals surface area contributed by atoms with Crippen LogP contribution >= 0.6 is 0 Å². The maximum Gasteiger partial charge on any atom is 0.184 e. The molecule has 1 saturated heterocycles. The van der Waals surface area contributed by atoms with E-state index in [2.05, 4.69) is 52.9 Å². The summed E-state index contributed by atoms with van der Waals surface area (Å²) in [7, 11) is 0. The SMILES string of the molecule is CCCc1cc(N2CCN(c3cccc(C)n3)CC2)n2nc3nc(C)cc(C)c3c2n1. The highest BCUT2D eigenvalue weighted by molar-refractivity contribution is 5.93. The lowest BCUT2D eigenvalue weighted by atomic mass is 10.1. The van der Waals surface area contributed by atoms with Crippen molar-refractivity contribution in [2.75, 3.05) is 36.0 Å². The van der Waals surface area contributed by atoms with Gasteiger partial charge in [0.15, 0.2) is 11.3 Å². The Balaban J connectivity index is 1.54. The molecular weight excluding hydrogens is 386 g/mol. The second-order valence-corrected chi connectivity index (χ2v) is 8.48. The summed E-state index contributed by atoms with van der Waals surface area (Å²) in [5, 5.41) is 5.94. The van der Waals surface area contributed by atoms with Crippen molar-refractivity contribution in [2.24, 2.45) is 0 Å². The monoisotopic (exact) mass is 415 g/mol. The molecule has 0 atom stereocenters. The number of anilines is 2. The standard InChI is InChI=1S/C24H29N7/c1-5-7-19-15-21(30-12-10-29(11-13-30)20-9-6-8-17(3)25-20)31-24(27-19)22-16(2)14-18(4)26-23(22)28-31/h6,8-9,14-15H,5,7,10-13H2,1-4H3. The first-order valence-electron chi connectivity index (χ1n) is 11.1. The third-order valence-corrected chi connectivity index (χ3v) is 6.01. The van der Waals surface area contributed by atoms with Gasteiger partial charge in [-0.1, -0.05) is 19.4 Å². The van der Waals surface area contributed by atoms with Gasteiger partial charge >= 0.3 is 0 Å². The van der Waals surface area contributed by atoms with Gasteiger partial charge in [-0.15, -0.1) is 5.10 Å². The van der Waals surface area contributed by atoms with E-state index in [-0.39, 0.29) is 0 Å². The van der Waals surface area contributed by atoms with E-state index >= 15 is 0 Å². The summed E-state index contributed by atoms with van der Waals surface area (Å²) in [5.74, 6) is 2.17. The van der Waals surface area contributed by atoms with Crippen molar-refractivity contribution in [2.45, 2.75) is 40.5 Å². The molecule has 4 aromatic heterocycles. The van der Waals surface area contributed by atoms with Crippen molar-refractivity contribution >= 4 is 28.3 Å². The molecule has 0 aromatic carbocycles. The van der Waals surface area contributed by atoms with Crippen LogP contribution in [0.5, 0.6) is 0 Å². The molecular formula is C24H29N7. The van der Waals surface area contributed by atoms with Gasteiger partial charge in [0.25, 0.3) is 0 Å². The number of hydrogen-bond acceptors (Lipinski definition) is 6. The molecule has 1 fully saturated rings. The van der Waals surface area contributed by atoms with Gasteiger partial charge in [-0.25, -0.2) is 15.0 Å². The molecule has 31 heavy (non-hydrogen) atoms. The van der Waals surface area contributed by atoms with Crippen LogP contribution in [0.1, 0.15) is 36.0 Å². The molecule has 0 spiro atoms. The number of aryl methyl sites for hydroxylation is 4. The molecule has 0 saturated carbocycles. The average Bonchev–Trinajstić information content (AvgIpc) is 3.12. The zero-order chi connectivity index (χ0) is 21.5. The van der Waals surface area contributed by atoms with Gasteiger partial charge < -0.3 is 9.80 Å². The molecule has 1 aliphatic rings. The topological polar surface area (TPSA) is 62.5 Å². The molecule has 0 amide bonds. The Labute approximate surface area is 182 Å². The highest BCUT2D eigenvalue weighted by Gasteiger charge is 2.23. The first kappa shape index (κ1) is 19.7. The van der Waals surface area contributed by atoms with Crippen molar-refractivity contribution in [3.05, 3.63) is 53.0 Å². The minimum absolute atomic E-state index is 0.780. The van der Waals surface area contributed by atoms with Crippen LogP contribution in [0.2, 0.25) is 0 Å². The summed E-state index contributed by atoms with van der Waals surface area (Å²) in [4.78, 5) is 19.2. The fourth-order valence-electron chi connectivity index (χ4n) is 4.53. The summed E-state index contributed by atoms with van der Waals surface area (Å²) >= 11 is 0. The van der Waals surface area contributed by atoms with Crippen LogP contribution in [-0.4, -0.2) is 50.7 Å². The number of rotatable bonds is 4. The van der Waals surface area contributed by atoms with Gasteiger partial charge in [-0.3, -0.25) is 0 Å². The molecule has 0 aliphatic carbocycles. The Bertz CT molecular complexity index is 1250. The van der Waals surface area contributed by atoms with Crippen LogP contribution in [0.4, 0.5) is 11.6 Å². The summed E-state index contributed by atoms with van der Waals surface area (Å²) in [6.45, 7) is 12.1. The van der Waals surface area contributed by atoms with E-state index in [1.54, 1.807) is 0 Å². The molecule has 0 bridgehead atoms. The van der Waals surface area contributed by atoms with E-state index in [0.717, 1.165) is 84.4 Å². The van der Waals surface area contributed by atoms with Crippen molar-refractivity contribution in [1.82, 2.24) is 24.6 Å². The average molecular weight is 416 g/mol. The lowest BCUT2D eigenvalue weighted by Gasteiger charge is -2.36. The number of nitrogens with zero attached hydrogens (tertiary/aromatic N) is 7. The van der Waals surface area contributed by atoms with Crippen LogP contribution in [0, 0.1) is 20.8 Å². The third kappa shape index (κ3) is 3.58. The Morgan fingerprint density at radius 1 is 0.871 bits per heavy atom. The van der Waals surface area contributed by atoms with E-state index in [4.69, 9.17) is 15.1 Å². The fraction of sp³-hybridized carbons (Fsp3) is 0.417. The van der Waals surface area contributed by atoms with E-state index in [0.29, 0.717) is 0 Å². The van der Waals surface area contributed by atoms with E-state index < -0.39 is 0 Å². The summed E-state index contributed by atoms with van der Waals surface area (Å²) < 4.78 is 2.00. The van der Waals surface area contributed by atoms with Crippen molar-refractivity contribution < 1.29 is 0 Å². The van der Waals surface area contributed by atoms with Crippen molar-refractivity contribution in [1.29, 1.82) is 0 Å². The van der Waals surface area contributed by atoms with Crippen molar-refractivity contribution in [3.8, 4) is 0 Å². The van der Waals surface area contributed by atoms with Gasteiger partial charge in [-0.2, -0.15) is 4.52 Å². The number of fused-ring (bicyclic) bond motifs is 3. The number of hydrogen-bond donors (Lipinski definition) is 0. The zero-order valence-electron chi connectivity index (χ0n) is 18.8. The van der Waals surface area contributed by atoms with Crippen LogP contribution in [-0.2, 0) is 6.42 Å². The van der Waals surface area contributed by atoms with E-state index in [1.165, 1.54) is 5.56 Å². The number of pyridine rings is 2. The fourth-order valence-corrected chi connectivity index (χ4v) is 4.53. The quantitative estimate of drug-likeness (QED) is 0.504. The van der Waals surface area contributed by atoms with Gasteiger partial charge in [-0.05, 0) is 51.0 Å². The molecule has 160 valence electrons. The van der Waals surface area contributed by atoms with Gasteiger partial charge in [0.1, 0.15) is 11.6 Å². The van der Waals surface area contributed by atoms with E-state index in [9.17, 15) is 0 Å². The smallest absolute Gasteiger partial charge is 0.184 e. The third-order valence-electron chi connectivity index (χ3n) is 6.01. The maximum atomic E-state index is 4.98. The first-order chi connectivity index (χ1) is 15.0. The lowest BCUT2D eigenvalue weighted by Crippen LogP contribution is -2.47. The van der Waals surface area contributed by atoms with Crippen molar-refractivity contribution in [3.63, 3.8) is 0 Å². The summed E-state index contributed by atoms with van der Waals surface area (Å²) in [5.41, 5.74) is 6.05. The second-order valence-electron chi connectivity index (χ2n) is 8.48. The Hall–Kier alpha value is -3.22. The summed E-state index contributed by atoms with van der Waals surface area (Å²) in [6.07, 6.45) is 2.03. The highest BCUT2D eigenvalue weighted by Crippen LogP contribution is 2.27. The van der Waals surface area contributed by atoms with Crippen LogP contribution in [0.3, 0.4) is 0 Å². The second kappa shape index (κ2) is 7.80. The Morgan fingerprint density at radius 2 is 1.65 bits per heavy atom. The maximum absolute atomic E-state index is 4.98. The molecule has 5 heterocycles. The first-order valence-corrected chi connectivity index (χ1v) is 11.1. The minimum atomic E-state index is 0.780. The molecule has 4 aromatic rings. The molecule has 7 nitrogen and oxygen atoms in total. The molecule has 7 heteroatoms. The molecule has 1 aliphatic heterocycles. The lowest BCUT2D eigenvalue weighted by molar-refractivity contribution is 0.632. The van der Waals surface area contributed by atoms with Crippen LogP contribution < -0.4 is 9.80 Å². The normalized spacial score (nSPS) is 14.7. The predicted octanol–water partition coefficient (Wildman–Crippen LogP) is 3.88. The van der Waals surface area contributed by atoms with Gasteiger partial charge in [0, 0.05) is 49.3 Å². The van der Waals surface area contributed by atoms with Gasteiger partial charge in [0.05, 0.1) is 5.39 Å². The molecule has 5 rings (SSSR count). The highest BCUT2D eigenvalue weighted by atomic mass is 15.4. The Morgan fingerprint density at radius 3 is 2.39 bits per heavy atom. The number of aromatic nitrogens is 5. The zero-order valence-corrected chi connectivity index (χ0v) is 18.8.